The number of halogens is 3. The average Bonchev–Trinajstić information content (AvgIpc) is 3.22. The van der Waals surface area contributed by atoms with Crippen molar-refractivity contribution in [2.75, 3.05) is 13.1 Å². The highest BCUT2D eigenvalue weighted by molar-refractivity contribution is 7.09. The Labute approximate surface area is 157 Å². The van der Waals surface area contributed by atoms with Gasteiger partial charge in [0.15, 0.2) is 5.69 Å². The highest BCUT2D eigenvalue weighted by atomic mass is 32.1. The lowest BCUT2D eigenvalue weighted by Gasteiger charge is -2.31. The van der Waals surface area contributed by atoms with Crippen LogP contribution < -0.4 is 0 Å². The molecule has 2 aromatic rings. The third-order valence-electron chi connectivity index (χ3n) is 4.48. The second kappa shape index (κ2) is 7.67. The van der Waals surface area contributed by atoms with Crippen LogP contribution in [0.3, 0.4) is 0 Å². The number of oxime groups is 1. The van der Waals surface area contributed by atoms with Crippen molar-refractivity contribution in [1.82, 2.24) is 19.7 Å². The van der Waals surface area contributed by atoms with Crippen LogP contribution in [0.1, 0.15) is 40.8 Å². The molecule has 1 amide bonds. The maximum absolute atomic E-state index is 12.7. The van der Waals surface area contributed by atoms with Gasteiger partial charge in [0.25, 0.3) is 0 Å². The second-order valence-electron chi connectivity index (χ2n) is 6.34. The van der Waals surface area contributed by atoms with E-state index in [4.69, 9.17) is 5.21 Å². The SMILES string of the molecule is Cc1cc(C(F)(F)F)nn1CC(=O)N1CCC(c2nc(C=NO)cs2)CC1. The zero-order valence-corrected chi connectivity index (χ0v) is 15.3. The van der Waals surface area contributed by atoms with Gasteiger partial charge in [-0.25, -0.2) is 4.98 Å². The van der Waals surface area contributed by atoms with Gasteiger partial charge in [-0.3, -0.25) is 9.48 Å². The van der Waals surface area contributed by atoms with E-state index < -0.39 is 11.9 Å². The Kier molecular flexibility index (Phi) is 5.49. The van der Waals surface area contributed by atoms with Crippen LogP contribution in [-0.4, -0.2) is 50.1 Å². The summed E-state index contributed by atoms with van der Waals surface area (Å²) in [5.74, 6) is -0.0382. The molecule has 0 saturated carbocycles. The van der Waals surface area contributed by atoms with E-state index in [1.54, 1.807) is 10.3 Å². The van der Waals surface area contributed by atoms with Crippen molar-refractivity contribution in [2.24, 2.45) is 5.16 Å². The molecule has 3 rings (SSSR count). The lowest BCUT2D eigenvalue weighted by molar-refractivity contribution is -0.142. The van der Waals surface area contributed by atoms with E-state index >= 15 is 0 Å². The summed E-state index contributed by atoms with van der Waals surface area (Å²) in [6.45, 7) is 2.32. The molecule has 0 aliphatic carbocycles. The first-order chi connectivity index (χ1) is 12.8. The molecular weight excluding hydrogens is 383 g/mol. The molecule has 2 aromatic heterocycles. The molecule has 0 radical (unpaired) electrons. The van der Waals surface area contributed by atoms with Gasteiger partial charge in [0, 0.05) is 30.1 Å². The molecule has 1 N–H and O–H groups in total. The van der Waals surface area contributed by atoms with Crippen LogP contribution in [0.4, 0.5) is 13.2 Å². The summed E-state index contributed by atoms with van der Waals surface area (Å²) >= 11 is 1.48. The Hall–Kier alpha value is -2.43. The number of carbonyl (C=O) groups excluding carboxylic acids is 1. The standard InChI is InChI=1S/C16H18F3N5O2S/c1-10-6-13(16(17,18)19)22-24(10)8-14(25)23-4-2-11(3-5-23)15-21-12(7-20-26)9-27-15/h6-7,9,11,26H,2-5,8H2,1H3. The summed E-state index contributed by atoms with van der Waals surface area (Å²) in [5, 5.41) is 17.7. The smallest absolute Gasteiger partial charge is 0.411 e. The van der Waals surface area contributed by atoms with Gasteiger partial charge in [-0.05, 0) is 25.8 Å². The van der Waals surface area contributed by atoms with Crippen molar-refractivity contribution in [3.05, 3.63) is 33.5 Å². The normalized spacial score (nSPS) is 16.4. The minimum absolute atomic E-state index is 0.207. The highest BCUT2D eigenvalue weighted by Crippen LogP contribution is 2.31. The molecule has 3 heterocycles. The predicted octanol–water partition coefficient (Wildman–Crippen LogP) is 2.88. The Morgan fingerprint density at radius 1 is 1.44 bits per heavy atom. The minimum Gasteiger partial charge on any atom is -0.411 e. The summed E-state index contributed by atoms with van der Waals surface area (Å²) in [6.07, 6.45) is -1.81. The van der Waals surface area contributed by atoms with Crippen molar-refractivity contribution in [3.8, 4) is 0 Å². The molecule has 0 atom stereocenters. The van der Waals surface area contributed by atoms with Gasteiger partial charge in [-0.2, -0.15) is 18.3 Å². The van der Waals surface area contributed by atoms with E-state index in [0.717, 1.165) is 28.6 Å². The molecule has 1 fully saturated rings. The molecule has 146 valence electrons. The number of hydrogen-bond donors (Lipinski definition) is 1. The largest absolute Gasteiger partial charge is 0.435 e. The number of amides is 1. The number of hydrogen-bond acceptors (Lipinski definition) is 6. The lowest BCUT2D eigenvalue weighted by atomic mass is 9.97. The van der Waals surface area contributed by atoms with Crippen molar-refractivity contribution < 1.29 is 23.2 Å². The van der Waals surface area contributed by atoms with E-state index in [0.29, 0.717) is 24.5 Å². The summed E-state index contributed by atoms with van der Waals surface area (Å²) < 4.78 is 39.3. The van der Waals surface area contributed by atoms with Gasteiger partial charge < -0.3 is 10.1 Å². The zero-order chi connectivity index (χ0) is 19.6. The van der Waals surface area contributed by atoms with Gasteiger partial charge in [-0.15, -0.1) is 11.3 Å². The molecule has 1 aliphatic rings. The fourth-order valence-electron chi connectivity index (χ4n) is 3.02. The third-order valence-corrected chi connectivity index (χ3v) is 5.51. The van der Waals surface area contributed by atoms with E-state index in [2.05, 4.69) is 15.2 Å². The average molecular weight is 401 g/mol. The van der Waals surface area contributed by atoms with E-state index in [1.807, 2.05) is 0 Å². The molecule has 0 bridgehead atoms. The Balaban J connectivity index is 1.58. The van der Waals surface area contributed by atoms with Gasteiger partial charge >= 0.3 is 6.18 Å². The van der Waals surface area contributed by atoms with Gasteiger partial charge in [0.2, 0.25) is 5.91 Å². The van der Waals surface area contributed by atoms with E-state index in [-0.39, 0.29) is 18.4 Å². The van der Waals surface area contributed by atoms with Crippen molar-refractivity contribution in [1.29, 1.82) is 0 Å². The van der Waals surface area contributed by atoms with Crippen LogP contribution in [0.15, 0.2) is 16.6 Å². The number of alkyl halides is 3. The van der Waals surface area contributed by atoms with Crippen LogP contribution in [0.2, 0.25) is 0 Å². The summed E-state index contributed by atoms with van der Waals surface area (Å²) in [4.78, 5) is 18.5. The van der Waals surface area contributed by atoms with Crippen LogP contribution in [0, 0.1) is 6.92 Å². The van der Waals surface area contributed by atoms with Crippen molar-refractivity contribution in [3.63, 3.8) is 0 Å². The molecule has 0 unspecified atom stereocenters. The molecule has 27 heavy (non-hydrogen) atoms. The zero-order valence-electron chi connectivity index (χ0n) is 14.5. The van der Waals surface area contributed by atoms with Crippen LogP contribution in [0.25, 0.3) is 0 Å². The molecular formula is C16H18F3N5O2S. The number of thiazole rings is 1. The summed E-state index contributed by atoms with van der Waals surface area (Å²) in [6, 6.07) is 0.940. The summed E-state index contributed by atoms with van der Waals surface area (Å²) in [7, 11) is 0. The third kappa shape index (κ3) is 4.46. The van der Waals surface area contributed by atoms with Crippen molar-refractivity contribution in [2.45, 2.75) is 38.4 Å². The second-order valence-corrected chi connectivity index (χ2v) is 7.23. The fourth-order valence-corrected chi connectivity index (χ4v) is 3.96. The molecule has 1 saturated heterocycles. The molecule has 1 aliphatic heterocycles. The Morgan fingerprint density at radius 3 is 2.74 bits per heavy atom. The van der Waals surface area contributed by atoms with Gasteiger partial charge in [-0.1, -0.05) is 5.16 Å². The molecule has 7 nitrogen and oxygen atoms in total. The highest BCUT2D eigenvalue weighted by Gasteiger charge is 2.35. The maximum atomic E-state index is 12.7. The number of nitrogens with zero attached hydrogens (tertiary/aromatic N) is 5. The fraction of sp³-hybridized carbons (Fsp3) is 0.500. The van der Waals surface area contributed by atoms with Gasteiger partial charge in [0.1, 0.15) is 6.54 Å². The van der Waals surface area contributed by atoms with Crippen molar-refractivity contribution >= 4 is 23.5 Å². The maximum Gasteiger partial charge on any atom is 0.435 e. The first kappa shape index (κ1) is 19.3. The molecule has 11 heteroatoms. The topological polar surface area (TPSA) is 83.6 Å². The number of piperidine rings is 1. The molecule has 0 spiro atoms. The number of rotatable bonds is 4. The number of aromatic nitrogens is 3. The van der Waals surface area contributed by atoms with Gasteiger partial charge in [0.05, 0.1) is 16.9 Å². The lowest BCUT2D eigenvalue weighted by Crippen LogP contribution is -2.40. The predicted molar refractivity (Wildman–Crippen MR) is 92.0 cm³/mol. The van der Waals surface area contributed by atoms with Crippen LogP contribution >= 0.6 is 11.3 Å². The Morgan fingerprint density at radius 2 is 2.15 bits per heavy atom. The first-order valence-corrected chi connectivity index (χ1v) is 9.18. The monoisotopic (exact) mass is 401 g/mol. The quantitative estimate of drug-likeness (QED) is 0.485. The summed E-state index contributed by atoms with van der Waals surface area (Å²) in [5.41, 5.74) is -0.102. The van der Waals surface area contributed by atoms with E-state index in [1.165, 1.54) is 24.5 Å². The number of likely N-dealkylation sites (tertiary alicyclic amines) is 1. The van der Waals surface area contributed by atoms with Crippen LogP contribution in [-0.2, 0) is 17.5 Å². The first-order valence-electron chi connectivity index (χ1n) is 8.30. The van der Waals surface area contributed by atoms with E-state index in [9.17, 15) is 18.0 Å². The minimum atomic E-state index is -4.52. The number of carbonyl (C=O) groups is 1. The number of aryl methyl sites for hydroxylation is 1. The molecule has 0 aromatic carbocycles. The van der Waals surface area contributed by atoms with Crippen LogP contribution in [0.5, 0.6) is 0 Å². The Bertz CT molecular complexity index is 837.